The first-order valence-electron chi connectivity index (χ1n) is 9.59. The molecule has 1 saturated heterocycles. The normalized spacial score (nSPS) is 29.9. The number of hydrogen-bond acceptors (Lipinski definition) is 3. The van der Waals surface area contributed by atoms with Crippen LogP contribution in [0, 0.1) is 11.8 Å². The Bertz CT molecular complexity index is 292. The van der Waals surface area contributed by atoms with Crippen LogP contribution in [0.15, 0.2) is 0 Å². The van der Waals surface area contributed by atoms with Crippen molar-refractivity contribution in [2.45, 2.75) is 71.5 Å². The zero-order valence-corrected chi connectivity index (χ0v) is 15.4. The number of piperazine rings is 1. The lowest BCUT2D eigenvalue weighted by atomic mass is 9.81. The molecule has 1 heterocycles. The van der Waals surface area contributed by atoms with Gasteiger partial charge in [-0.25, -0.2) is 0 Å². The molecule has 22 heavy (non-hydrogen) atoms. The van der Waals surface area contributed by atoms with Crippen LogP contribution in [0.3, 0.4) is 0 Å². The Balaban J connectivity index is 1.57. The van der Waals surface area contributed by atoms with Crippen molar-refractivity contribution in [3.8, 4) is 0 Å². The Morgan fingerprint density at radius 3 is 2.18 bits per heavy atom. The van der Waals surface area contributed by atoms with E-state index in [0.29, 0.717) is 12.2 Å². The van der Waals surface area contributed by atoms with Gasteiger partial charge in [0, 0.05) is 26.2 Å². The maximum absolute atomic E-state index is 5.97. The zero-order chi connectivity index (χ0) is 15.9. The van der Waals surface area contributed by atoms with Gasteiger partial charge in [-0.3, -0.25) is 0 Å². The van der Waals surface area contributed by atoms with Crippen LogP contribution in [0.4, 0.5) is 0 Å². The number of likely N-dealkylation sites (N-methyl/N-ethyl adjacent to an activating group) is 1. The van der Waals surface area contributed by atoms with E-state index in [1.165, 1.54) is 71.2 Å². The lowest BCUT2D eigenvalue weighted by Gasteiger charge is -2.34. The minimum absolute atomic E-state index is 0.393. The van der Waals surface area contributed by atoms with Gasteiger partial charge in [-0.05, 0) is 77.8 Å². The standard InChI is InChI=1S/C19H38N2O/c1-16(2)22-19-7-5-18(6-8-19)15-17(3)9-10-21-13-11-20(4)12-14-21/h16-19H,5-15H2,1-4H3/t17-,18?,19?/m0/s1. The van der Waals surface area contributed by atoms with Crippen LogP contribution in [0.25, 0.3) is 0 Å². The van der Waals surface area contributed by atoms with Gasteiger partial charge < -0.3 is 14.5 Å². The summed E-state index contributed by atoms with van der Waals surface area (Å²) in [6.45, 7) is 13.1. The summed E-state index contributed by atoms with van der Waals surface area (Å²) in [6.07, 6.45) is 9.09. The maximum atomic E-state index is 5.97. The SMILES string of the molecule is CC(C)OC1CCC(C[C@@H](C)CCN2CCN(C)CC2)CC1. The first-order chi connectivity index (χ1) is 10.5. The van der Waals surface area contributed by atoms with Gasteiger partial charge in [0.1, 0.15) is 0 Å². The van der Waals surface area contributed by atoms with E-state index in [2.05, 4.69) is 37.6 Å². The Hall–Kier alpha value is -0.120. The molecule has 3 heteroatoms. The number of nitrogens with zero attached hydrogens (tertiary/aromatic N) is 2. The van der Waals surface area contributed by atoms with Crippen molar-refractivity contribution >= 4 is 0 Å². The summed E-state index contributed by atoms with van der Waals surface area (Å²) < 4.78 is 5.97. The molecule has 2 fully saturated rings. The number of rotatable bonds is 7. The van der Waals surface area contributed by atoms with Crippen molar-refractivity contribution in [3.63, 3.8) is 0 Å². The van der Waals surface area contributed by atoms with E-state index in [1.54, 1.807) is 0 Å². The second-order valence-corrected chi connectivity index (χ2v) is 8.10. The third-order valence-electron chi connectivity index (χ3n) is 5.53. The van der Waals surface area contributed by atoms with Crippen molar-refractivity contribution < 1.29 is 4.74 Å². The van der Waals surface area contributed by atoms with E-state index in [9.17, 15) is 0 Å². The van der Waals surface area contributed by atoms with E-state index < -0.39 is 0 Å². The van der Waals surface area contributed by atoms with Crippen molar-refractivity contribution in [1.82, 2.24) is 9.80 Å². The van der Waals surface area contributed by atoms with Gasteiger partial charge >= 0.3 is 0 Å². The summed E-state index contributed by atoms with van der Waals surface area (Å²) >= 11 is 0. The van der Waals surface area contributed by atoms with Gasteiger partial charge in [0.25, 0.3) is 0 Å². The van der Waals surface area contributed by atoms with E-state index in [0.717, 1.165) is 11.8 Å². The van der Waals surface area contributed by atoms with Crippen molar-refractivity contribution in [2.75, 3.05) is 39.8 Å². The van der Waals surface area contributed by atoms with Crippen LogP contribution in [0.1, 0.15) is 59.3 Å². The first-order valence-corrected chi connectivity index (χ1v) is 9.59. The average Bonchev–Trinajstić information content (AvgIpc) is 2.48. The van der Waals surface area contributed by atoms with Crippen LogP contribution in [-0.4, -0.2) is 61.8 Å². The zero-order valence-electron chi connectivity index (χ0n) is 15.4. The quantitative estimate of drug-likeness (QED) is 0.714. The first kappa shape index (κ1) is 18.2. The van der Waals surface area contributed by atoms with E-state index >= 15 is 0 Å². The summed E-state index contributed by atoms with van der Waals surface area (Å²) in [5.41, 5.74) is 0. The summed E-state index contributed by atoms with van der Waals surface area (Å²) in [5.74, 6) is 1.83. The molecule has 2 rings (SSSR count). The Labute approximate surface area is 138 Å². The predicted molar refractivity (Wildman–Crippen MR) is 94.3 cm³/mol. The molecule has 0 aromatic heterocycles. The molecule has 0 aromatic rings. The largest absolute Gasteiger partial charge is 0.376 e. The molecule has 1 atom stereocenters. The minimum Gasteiger partial charge on any atom is -0.376 e. The second-order valence-electron chi connectivity index (χ2n) is 8.10. The fourth-order valence-electron chi connectivity index (χ4n) is 4.05. The molecule has 0 bridgehead atoms. The van der Waals surface area contributed by atoms with Crippen molar-refractivity contribution in [2.24, 2.45) is 11.8 Å². The Morgan fingerprint density at radius 2 is 1.59 bits per heavy atom. The molecule has 1 aliphatic carbocycles. The molecule has 0 aromatic carbocycles. The molecular weight excluding hydrogens is 272 g/mol. The maximum Gasteiger partial charge on any atom is 0.0578 e. The highest BCUT2D eigenvalue weighted by atomic mass is 16.5. The number of ether oxygens (including phenoxy) is 1. The fourth-order valence-corrected chi connectivity index (χ4v) is 4.05. The van der Waals surface area contributed by atoms with Gasteiger partial charge in [0.2, 0.25) is 0 Å². The molecule has 3 nitrogen and oxygen atoms in total. The summed E-state index contributed by atoms with van der Waals surface area (Å²) in [7, 11) is 2.24. The van der Waals surface area contributed by atoms with Crippen molar-refractivity contribution in [3.05, 3.63) is 0 Å². The Morgan fingerprint density at radius 1 is 0.955 bits per heavy atom. The van der Waals surface area contributed by atoms with Gasteiger partial charge in [0.15, 0.2) is 0 Å². The molecule has 1 saturated carbocycles. The summed E-state index contributed by atoms with van der Waals surface area (Å²) in [5, 5.41) is 0. The summed E-state index contributed by atoms with van der Waals surface area (Å²) in [4.78, 5) is 5.10. The average molecular weight is 311 g/mol. The van der Waals surface area contributed by atoms with Gasteiger partial charge in [-0.1, -0.05) is 6.92 Å². The van der Waals surface area contributed by atoms with Crippen LogP contribution in [-0.2, 0) is 4.74 Å². The van der Waals surface area contributed by atoms with E-state index in [1.807, 2.05) is 0 Å². The monoisotopic (exact) mass is 310 g/mol. The van der Waals surface area contributed by atoms with Gasteiger partial charge in [-0.15, -0.1) is 0 Å². The van der Waals surface area contributed by atoms with E-state index in [-0.39, 0.29) is 0 Å². The lowest BCUT2D eigenvalue weighted by molar-refractivity contribution is -0.0213. The minimum atomic E-state index is 0.393. The highest BCUT2D eigenvalue weighted by molar-refractivity contribution is 4.76. The topological polar surface area (TPSA) is 15.7 Å². The van der Waals surface area contributed by atoms with E-state index in [4.69, 9.17) is 4.74 Å². The molecular formula is C19H38N2O. The van der Waals surface area contributed by atoms with Gasteiger partial charge in [0.05, 0.1) is 12.2 Å². The molecule has 0 unspecified atom stereocenters. The molecule has 1 aliphatic heterocycles. The third kappa shape index (κ3) is 6.55. The molecule has 0 radical (unpaired) electrons. The van der Waals surface area contributed by atoms with Crippen LogP contribution < -0.4 is 0 Å². The molecule has 0 amide bonds. The molecule has 0 N–H and O–H groups in total. The lowest BCUT2D eigenvalue weighted by Crippen LogP contribution is -2.44. The number of hydrogen-bond donors (Lipinski definition) is 0. The highest BCUT2D eigenvalue weighted by Crippen LogP contribution is 2.32. The Kier molecular flexibility index (Phi) is 7.66. The smallest absolute Gasteiger partial charge is 0.0578 e. The van der Waals surface area contributed by atoms with Gasteiger partial charge in [-0.2, -0.15) is 0 Å². The second kappa shape index (κ2) is 9.24. The summed E-state index contributed by atoms with van der Waals surface area (Å²) in [6, 6.07) is 0. The predicted octanol–water partition coefficient (Wildman–Crippen LogP) is 3.63. The molecule has 130 valence electrons. The third-order valence-corrected chi connectivity index (χ3v) is 5.53. The molecule has 2 aliphatic rings. The highest BCUT2D eigenvalue weighted by Gasteiger charge is 2.24. The van der Waals surface area contributed by atoms with Crippen LogP contribution in [0.2, 0.25) is 0 Å². The molecule has 0 spiro atoms. The van der Waals surface area contributed by atoms with Crippen LogP contribution in [0.5, 0.6) is 0 Å². The van der Waals surface area contributed by atoms with Crippen molar-refractivity contribution in [1.29, 1.82) is 0 Å². The fraction of sp³-hybridized carbons (Fsp3) is 1.00. The van der Waals surface area contributed by atoms with Crippen LogP contribution >= 0.6 is 0 Å².